The fourth-order valence-electron chi connectivity index (χ4n) is 5.99. The van der Waals surface area contributed by atoms with Crippen molar-refractivity contribution in [3.63, 3.8) is 0 Å². The minimum absolute atomic E-state index is 0.269. The summed E-state index contributed by atoms with van der Waals surface area (Å²) in [4.78, 5) is 27.4. The van der Waals surface area contributed by atoms with Crippen molar-refractivity contribution in [2.75, 3.05) is 13.1 Å². The van der Waals surface area contributed by atoms with Gasteiger partial charge in [0.25, 0.3) is 0 Å². The summed E-state index contributed by atoms with van der Waals surface area (Å²) in [6.45, 7) is 2.66. The quantitative estimate of drug-likeness (QED) is 0.591. The van der Waals surface area contributed by atoms with E-state index in [2.05, 4.69) is 25.4 Å². The van der Waals surface area contributed by atoms with Gasteiger partial charge in [-0.25, -0.2) is 4.98 Å². The SMILES string of the molecule is O=C(C1CCCC1)N1C2CCC1CN(Cc1c(-c3ccc(Cl)cn3)nc3ccccn13)C2. The van der Waals surface area contributed by atoms with Crippen LogP contribution >= 0.6 is 11.6 Å². The highest BCUT2D eigenvalue weighted by Crippen LogP contribution is 2.36. The molecule has 0 aromatic carbocycles. The molecule has 7 heteroatoms. The molecule has 32 heavy (non-hydrogen) atoms. The summed E-state index contributed by atoms with van der Waals surface area (Å²) in [7, 11) is 0. The first kappa shape index (κ1) is 20.2. The van der Waals surface area contributed by atoms with E-state index in [9.17, 15) is 4.79 Å². The Kier molecular flexibility index (Phi) is 5.15. The molecule has 1 aliphatic carbocycles. The molecule has 0 spiro atoms. The van der Waals surface area contributed by atoms with Crippen LogP contribution in [0.4, 0.5) is 0 Å². The highest BCUT2D eigenvalue weighted by Gasteiger charge is 2.44. The van der Waals surface area contributed by atoms with Gasteiger partial charge >= 0.3 is 0 Å². The van der Waals surface area contributed by atoms with Gasteiger partial charge in [-0.1, -0.05) is 30.5 Å². The lowest BCUT2D eigenvalue weighted by molar-refractivity contribution is -0.141. The number of pyridine rings is 2. The second-order valence-electron chi connectivity index (χ2n) is 9.50. The van der Waals surface area contributed by atoms with E-state index >= 15 is 0 Å². The van der Waals surface area contributed by atoms with Crippen molar-refractivity contribution >= 4 is 23.2 Å². The maximum absolute atomic E-state index is 13.2. The van der Waals surface area contributed by atoms with Gasteiger partial charge in [0, 0.05) is 50.0 Å². The van der Waals surface area contributed by atoms with E-state index in [0.717, 1.165) is 68.0 Å². The molecule has 2 bridgehead atoms. The molecule has 0 N–H and O–H groups in total. The number of imidazole rings is 1. The van der Waals surface area contributed by atoms with E-state index in [0.29, 0.717) is 23.0 Å². The van der Waals surface area contributed by atoms with Gasteiger partial charge in [0.2, 0.25) is 5.91 Å². The third kappa shape index (κ3) is 3.50. The Bertz CT molecular complexity index is 1120. The van der Waals surface area contributed by atoms with Crippen LogP contribution in [0.3, 0.4) is 0 Å². The van der Waals surface area contributed by atoms with Gasteiger partial charge in [-0.05, 0) is 49.9 Å². The van der Waals surface area contributed by atoms with Crippen molar-refractivity contribution in [3.8, 4) is 11.4 Å². The predicted molar refractivity (Wildman–Crippen MR) is 124 cm³/mol. The molecule has 6 nitrogen and oxygen atoms in total. The smallest absolute Gasteiger partial charge is 0.226 e. The van der Waals surface area contributed by atoms with Crippen molar-refractivity contribution in [2.45, 2.75) is 57.2 Å². The summed E-state index contributed by atoms with van der Waals surface area (Å²) < 4.78 is 2.17. The first-order valence-corrected chi connectivity index (χ1v) is 12.2. The summed E-state index contributed by atoms with van der Waals surface area (Å²) >= 11 is 6.07. The van der Waals surface area contributed by atoms with E-state index in [1.54, 1.807) is 6.20 Å². The third-order valence-electron chi connectivity index (χ3n) is 7.49. The number of carbonyl (C=O) groups is 1. The lowest BCUT2D eigenvalue weighted by Crippen LogP contribution is -2.56. The van der Waals surface area contributed by atoms with Gasteiger partial charge in [-0.3, -0.25) is 14.7 Å². The molecule has 3 aromatic heterocycles. The number of rotatable bonds is 4. The summed E-state index contributed by atoms with van der Waals surface area (Å²) in [5.41, 5.74) is 3.81. The van der Waals surface area contributed by atoms with Crippen LogP contribution in [0.15, 0.2) is 42.7 Å². The monoisotopic (exact) mass is 449 g/mol. The zero-order chi connectivity index (χ0) is 21.7. The van der Waals surface area contributed by atoms with Gasteiger partial charge in [0.15, 0.2) is 0 Å². The molecular weight excluding hydrogens is 422 g/mol. The topological polar surface area (TPSA) is 53.7 Å². The maximum Gasteiger partial charge on any atom is 0.226 e. The fourth-order valence-corrected chi connectivity index (χ4v) is 6.11. The third-order valence-corrected chi connectivity index (χ3v) is 7.71. The van der Waals surface area contributed by atoms with E-state index in [4.69, 9.17) is 16.6 Å². The number of fused-ring (bicyclic) bond motifs is 3. The second kappa shape index (κ2) is 8.16. The van der Waals surface area contributed by atoms with Crippen molar-refractivity contribution in [1.82, 2.24) is 24.2 Å². The van der Waals surface area contributed by atoms with E-state index in [1.165, 1.54) is 12.8 Å². The minimum atomic E-state index is 0.269. The Morgan fingerprint density at radius 3 is 2.53 bits per heavy atom. The molecule has 166 valence electrons. The number of halogens is 1. The Balaban J connectivity index is 1.27. The molecule has 6 rings (SSSR count). The first-order valence-electron chi connectivity index (χ1n) is 11.8. The molecule has 2 unspecified atom stereocenters. The normalized spacial score (nSPS) is 24.0. The fraction of sp³-hybridized carbons (Fsp3) is 0.480. The zero-order valence-electron chi connectivity index (χ0n) is 18.2. The van der Waals surface area contributed by atoms with Crippen molar-refractivity contribution in [2.24, 2.45) is 5.92 Å². The van der Waals surface area contributed by atoms with Gasteiger partial charge in [-0.2, -0.15) is 0 Å². The van der Waals surface area contributed by atoms with Crippen LogP contribution in [0.1, 0.15) is 44.2 Å². The number of amides is 1. The number of aromatic nitrogens is 3. The summed E-state index contributed by atoms with van der Waals surface area (Å²) in [6.07, 6.45) is 10.6. The average molecular weight is 450 g/mol. The van der Waals surface area contributed by atoms with Crippen LogP contribution in [-0.2, 0) is 11.3 Å². The lowest BCUT2D eigenvalue weighted by atomic mass is 10.0. The Hall–Kier alpha value is -2.44. The van der Waals surface area contributed by atoms with Crippen LogP contribution in [-0.4, -0.2) is 55.2 Å². The first-order chi connectivity index (χ1) is 15.7. The molecule has 1 amide bonds. The lowest BCUT2D eigenvalue weighted by Gasteiger charge is -2.42. The Morgan fingerprint density at radius 1 is 1.03 bits per heavy atom. The Labute approximate surface area is 193 Å². The van der Waals surface area contributed by atoms with Gasteiger partial charge < -0.3 is 9.30 Å². The zero-order valence-corrected chi connectivity index (χ0v) is 18.9. The van der Waals surface area contributed by atoms with Crippen LogP contribution < -0.4 is 0 Å². The molecule has 1 saturated carbocycles. The standard InChI is InChI=1S/C25H28ClN5O/c26-18-8-11-21(27-13-18)24-22(30-12-4-3-7-23(30)28-24)16-29-14-19-9-10-20(15-29)31(19)25(32)17-5-1-2-6-17/h3-4,7-8,11-13,17,19-20H,1-2,5-6,9-10,14-16H2. The highest BCUT2D eigenvalue weighted by molar-refractivity contribution is 6.30. The van der Waals surface area contributed by atoms with Gasteiger partial charge in [0.05, 0.1) is 16.4 Å². The van der Waals surface area contributed by atoms with E-state index in [1.807, 2.05) is 30.3 Å². The van der Waals surface area contributed by atoms with Crippen molar-refractivity contribution in [1.29, 1.82) is 0 Å². The van der Waals surface area contributed by atoms with Crippen LogP contribution in [0, 0.1) is 5.92 Å². The molecule has 0 radical (unpaired) electrons. The summed E-state index contributed by atoms with van der Waals surface area (Å²) in [5, 5.41) is 0.624. The number of hydrogen-bond acceptors (Lipinski definition) is 4. The number of piperazine rings is 1. The van der Waals surface area contributed by atoms with Gasteiger partial charge in [0.1, 0.15) is 11.3 Å². The molecule has 2 aliphatic heterocycles. The van der Waals surface area contributed by atoms with Gasteiger partial charge in [-0.15, -0.1) is 0 Å². The molecule has 3 fully saturated rings. The molecule has 3 aliphatic rings. The minimum Gasteiger partial charge on any atom is -0.334 e. The van der Waals surface area contributed by atoms with E-state index in [-0.39, 0.29) is 5.92 Å². The summed E-state index contributed by atoms with van der Waals surface area (Å²) in [6, 6.07) is 10.6. The average Bonchev–Trinajstić information content (AvgIpc) is 3.52. The highest BCUT2D eigenvalue weighted by atomic mass is 35.5. The number of hydrogen-bond donors (Lipinski definition) is 0. The molecule has 5 heterocycles. The van der Waals surface area contributed by atoms with E-state index < -0.39 is 0 Å². The molecular formula is C25H28ClN5O. The number of carbonyl (C=O) groups excluding carboxylic acids is 1. The molecule has 2 saturated heterocycles. The Morgan fingerprint density at radius 2 is 1.81 bits per heavy atom. The molecule has 2 atom stereocenters. The van der Waals surface area contributed by atoms with Crippen LogP contribution in [0.5, 0.6) is 0 Å². The second-order valence-corrected chi connectivity index (χ2v) is 9.94. The predicted octanol–water partition coefficient (Wildman–Crippen LogP) is 4.42. The largest absolute Gasteiger partial charge is 0.334 e. The van der Waals surface area contributed by atoms with Crippen LogP contribution in [0.25, 0.3) is 17.0 Å². The van der Waals surface area contributed by atoms with Crippen LogP contribution in [0.2, 0.25) is 5.02 Å². The number of likely N-dealkylation sites (tertiary alicyclic amines) is 1. The molecule has 3 aromatic rings. The maximum atomic E-state index is 13.2. The number of nitrogens with zero attached hydrogens (tertiary/aromatic N) is 5. The van der Waals surface area contributed by atoms with Crippen molar-refractivity contribution < 1.29 is 4.79 Å². The summed E-state index contributed by atoms with van der Waals surface area (Å²) in [5.74, 6) is 0.696. The van der Waals surface area contributed by atoms with Crippen molar-refractivity contribution in [3.05, 3.63) is 53.4 Å².